The third-order valence-corrected chi connectivity index (χ3v) is 2.74. The topological polar surface area (TPSA) is 36.4 Å². The standard InChI is InChI=1S/C13H22N2O/c1-4-5-6-9-15(3)13-10-12(11(2)16)7-8-14-13/h7-8,10-11,16H,4-6,9H2,1-3H3/t11-/m0/s1. The van der Waals surface area contributed by atoms with Crippen LogP contribution in [0.25, 0.3) is 0 Å². The van der Waals surface area contributed by atoms with Crippen molar-refractivity contribution in [3.05, 3.63) is 23.9 Å². The summed E-state index contributed by atoms with van der Waals surface area (Å²) in [5.74, 6) is 0.939. The van der Waals surface area contributed by atoms with Crippen molar-refractivity contribution in [2.45, 2.75) is 39.2 Å². The molecule has 0 spiro atoms. The van der Waals surface area contributed by atoms with Crippen LogP contribution in [0.5, 0.6) is 0 Å². The SMILES string of the molecule is CCCCCN(C)c1cc([C@H](C)O)ccn1. The average molecular weight is 222 g/mol. The first-order valence-electron chi connectivity index (χ1n) is 6.00. The molecule has 0 amide bonds. The highest BCUT2D eigenvalue weighted by Gasteiger charge is 2.05. The Balaban J connectivity index is 2.60. The van der Waals surface area contributed by atoms with Crippen molar-refractivity contribution in [2.24, 2.45) is 0 Å². The number of anilines is 1. The lowest BCUT2D eigenvalue weighted by atomic mass is 10.1. The van der Waals surface area contributed by atoms with Crippen LogP contribution in [-0.4, -0.2) is 23.7 Å². The molecular weight excluding hydrogens is 200 g/mol. The largest absolute Gasteiger partial charge is 0.389 e. The van der Waals surface area contributed by atoms with Gasteiger partial charge < -0.3 is 10.0 Å². The molecule has 1 rings (SSSR count). The smallest absolute Gasteiger partial charge is 0.128 e. The first kappa shape index (κ1) is 13.0. The molecular formula is C13H22N2O. The summed E-state index contributed by atoms with van der Waals surface area (Å²) in [6, 6.07) is 3.81. The van der Waals surface area contributed by atoms with E-state index in [1.807, 2.05) is 19.2 Å². The predicted molar refractivity (Wildman–Crippen MR) is 67.7 cm³/mol. The van der Waals surface area contributed by atoms with Crippen molar-refractivity contribution in [3.63, 3.8) is 0 Å². The predicted octanol–water partition coefficient (Wildman–Crippen LogP) is 2.76. The summed E-state index contributed by atoms with van der Waals surface area (Å²) in [5.41, 5.74) is 0.923. The van der Waals surface area contributed by atoms with E-state index in [0.717, 1.165) is 17.9 Å². The highest BCUT2D eigenvalue weighted by atomic mass is 16.3. The van der Waals surface area contributed by atoms with Gasteiger partial charge in [-0.1, -0.05) is 19.8 Å². The zero-order chi connectivity index (χ0) is 12.0. The fourth-order valence-corrected chi connectivity index (χ4v) is 1.62. The van der Waals surface area contributed by atoms with Crippen molar-refractivity contribution in [1.82, 2.24) is 4.98 Å². The number of pyridine rings is 1. The molecule has 0 aromatic carbocycles. The molecule has 0 unspecified atom stereocenters. The van der Waals surface area contributed by atoms with E-state index in [-0.39, 0.29) is 0 Å². The maximum Gasteiger partial charge on any atom is 0.128 e. The molecule has 1 N–H and O–H groups in total. The maximum atomic E-state index is 9.50. The molecule has 1 heterocycles. The summed E-state index contributed by atoms with van der Waals surface area (Å²) < 4.78 is 0. The summed E-state index contributed by atoms with van der Waals surface area (Å²) in [6.07, 6.45) is 5.00. The molecule has 0 bridgehead atoms. The molecule has 0 saturated heterocycles. The second-order valence-corrected chi connectivity index (χ2v) is 4.25. The van der Waals surface area contributed by atoms with Crippen LogP contribution >= 0.6 is 0 Å². The van der Waals surface area contributed by atoms with E-state index >= 15 is 0 Å². The first-order valence-corrected chi connectivity index (χ1v) is 6.00. The van der Waals surface area contributed by atoms with Gasteiger partial charge in [0.1, 0.15) is 5.82 Å². The van der Waals surface area contributed by atoms with E-state index in [0.29, 0.717) is 0 Å². The van der Waals surface area contributed by atoms with Gasteiger partial charge in [0.2, 0.25) is 0 Å². The number of aliphatic hydroxyl groups is 1. The van der Waals surface area contributed by atoms with Crippen LogP contribution < -0.4 is 4.90 Å². The Bertz CT molecular complexity index is 313. The fourth-order valence-electron chi connectivity index (χ4n) is 1.62. The van der Waals surface area contributed by atoms with Crippen LogP contribution in [-0.2, 0) is 0 Å². The van der Waals surface area contributed by atoms with Gasteiger partial charge in [0, 0.05) is 19.8 Å². The highest BCUT2D eigenvalue weighted by molar-refractivity contribution is 5.40. The Morgan fingerprint density at radius 2 is 2.19 bits per heavy atom. The number of hydrogen-bond donors (Lipinski definition) is 1. The van der Waals surface area contributed by atoms with E-state index < -0.39 is 6.10 Å². The Hall–Kier alpha value is -1.09. The summed E-state index contributed by atoms with van der Waals surface area (Å²) in [4.78, 5) is 6.46. The lowest BCUT2D eigenvalue weighted by Crippen LogP contribution is -2.19. The number of nitrogens with zero attached hydrogens (tertiary/aromatic N) is 2. The monoisotopic (exact) mass is 222 g/mol. The van der Waals surface area contributed by atoms with E-state index in [1.54, 1.807) is 13.1 Å². The van der Waals surface area contributed by atoms with Crippen LogP contribution in [0, 0.1) is 0 Å². The van der Waals surface area contributed by atoms with E-state index in [4.69, 9.17) is 0 Å². The molecule has 0 fully saturated rings. The molecule has 0 saturated carbocycles. The molecule has 1 aromatic rings. The minimum absolute atomic E-state index is 0.425. The van der Waals surface area contributed by atoms with Crippen molar-refractivity contribution in [3.8, 4) is 0 Å². The highest BCUT2D eigenvalue weighted by Crippen LogP contribution is 2.17. The number of aromatic nitrogens is 1. The molecule has 0 aliphatic carbocycles. The molecule has 0 aliphatic heterocycles. The second kappa shape index (κ2) is 6.48. The number of aliphatic hydroxyl groups excluding tert-OH is 1. The van der Waals surface area contributed by atoms with Gasteiger partial charge in [-0.15, -0.1) is 0 Å². The quantitative estimate of drug-likeness (QED) is 0.752. The van der Waals surface area contributed by atoms with Crippen LogP contribution in [0.1, 0.15) is 44.8 Å². The fraction of sp³-hybridized carbons (Fsp3) is 0.615. The maximum absolute atomic E-state index is 9.50. The van der Waals surface area contributed by atoms with Gasteiger partial charge >= 0.3 is 0 Å². The van der Waals surface area contributed by atoms with Gasteiger partial charge in [0.15, 0.2) is 0 Å². The summed E-state index contributed by atoms with van der Waals surface area (Å²) in [5, 5.41) is 9.50. The minimum Gasteiger partial charge on any atom is -0.389 e. The Morgan fingerprint density at radius 1 is 1.44 bits per heavy atom. The van der Waals surface area contributed by atoms with Crippen LogP contribution in [0.3, 0.4) is 0 Å². The normalized spacial score (nSPS) is 12.5. The van der Waals surface area contributed by atoms with Gasteiger partial charge in [0.05, 0.1) is 6.10 Å². The van der Waals surface area contributed by atoms with Crippen LogP contribution in [0.15, 0.2) is 18.3 Å². The average Bonchev–Trinajstić information content (AvgIpc) is 2.29. The number of unbranched alkanes of at least 4 members (excludes halogenated alkanes) is 2. The van der Waals surface area contributed by atoms with Gasteiger partial charge in [-0.2, -0.15) is 0 Å². The molecule has 1 aromatic heterocycles. The van der Waals surface area contributed by atoms with E-state index in [1.165, 1.54) is 19.3 Å². The molecule has 1 atom stereocenters. The molecule has 3 nitrogen and oxygen atoms in total. The van der Waals surface area contributed by atoms with Crippen molar-refractivity contribution < 1.29 is 5.11 Å². The van der Waals surface area contributed by atoms with Gasteiger partial charge in [-0.25, -0.2) is 4.98 Å². The zero-order valence-corrected chi connectivity index (χ0v) is 10.5. The third-order valence-electron chi connectivity index (χ3n) is 2.74. The molecule has 90 valence electrons. The summed E-state index contributed by atoms with van der Waals surface area (Å²) in [7, 11) is 2.05. The summed E-state index contributed by atoms with van der Waals surface area (Å²) >= 11 is 0. The lowest BCUT2D eigenvalue weighted by molar-refractivity contribution is 0.199. The van der Waals surface area contributed by atoms with Crippen LogP contribution in [0.2, 0.25) is 0 Å². The van der Waals surface area contributed by atoms with Gasteiger partial charge in [0.25, 0.3) is 0 Å². The first-order chi connectivity index (χ1) is 7.65. The summed E-state index contributed by atoms with van der Waals surface area (Å²) in [6.45, 7) is 4.99. The number of hydrogen-bond acceptors (Lipinski definition) is 3. The van der Waals surface area contributed by atoms with Gasteiger partial charge in [-0.05, 0) is 31.0 Å². The van der Waals surface area contributed by atoms with Crippen molar-refractivity contribution in [2.75, 3.05) is 18.5 Å². The lowest BCUT2D eigenvalue weighted by Gasteiger charge is -2.19. The Morgan fingerprint density at radius 3 is 2.81 bits per heavy atom. The van der Waals surface area contributed by atoms with Crippen molar-refractivity contribution in [1.29, 1.82) is 0 Å². The Labute approximate surface area is 98.1 Å². The molecule has 16 heavy (non-hydrogen) atoms. The van der Waals surface area contributed by atoms with E-state index in [2.05, 4.69) is 16.8 Å². The van der Waals surface area contributed by atoms with Gasteiger partial charge in [-0.3, -0.25) is 0 Å². The van der Waals surface area contributed by atoms with Crippen molar-refractivity contribution >= 4 is 5.82 Å². The molecule has 3 heteroatoms. The third kappa shape index (κ3) is 3.81. The minimum atomic E-state index is -0.425. The molecule has 0 aliphatic rings. The zero-order valence-electron chi connectivity index (χ0n) is 10.5. The number of rotatable bonds is 6. The second-order valence-electron chi connectivity index (χ2n) is 4.25. The Kier molecular flexibility index (Phi) is 5.26. The molecule has 0 radical (unpaired) electrons. The van der Waals surface area contributed by atoms with E-state index in [9.17, 15) is 5.11 Å². The van der Waals surface area contributed by atoms with Crippen LogP contribution in [0.4, 0.5) is 5.82 Å².